The van der Waals surface area contributed by atoms with Gasteiger partial charge in [-0.3, -0.25) is 4.79 Å². The van der Waals surface area contributed by atoms with Gasteiger partial charge in [0.25, 0.3) is 0 Å². The van der Waals surface area contributed by atoms with E-state index in [9.17, 15) is 4.79 Å². The van der Waals surface area contributed by atoms with Crippen LogP contribution in [0.1, 0.15) is 27.2 Å². The largest absolute Gasteiger partial charge is 0.395 e. The Labute approximate surface area is 90.7 Å². The molecule has 0 radical (unpaired) electrons. The zero-order valence-electron chi connectivity index (χ0n) is 9.41. The Morgan fingerprint density at radius 2 is 2.07 bits per heavy atom. The maximum Gasteiger partial charge on any atom is 0.223 e. The normalized spacial score (nSPS) is 17.2. The zero-order valence-corrected chi connectivity index (χ0v) is 10.2. The standard InChI is InChI=1S/C10H21NO2S/c1-5-7(2)10(13)11-8(3)9(6-12)14-4/h7-9,12H,5-6H2,1-4H3,(H,11,13). The number of hydrogen-bond donors (Lipinski definition) is 2. The van der Waals surface area contributed by atoms with Gasteiger partial charge >= 0.3 is 0 Å². The number of aliphatic hydroxyl groups excluding tert-OH is 1. The fourth-order valence-electron chi connectivity index (χ4n) is 1.08. The van der Waals surface area contributed by atoms with Crippen LogP contribution in [0.2, 0.25) is 0 Å². The van der Waals surface area contributed by atoms with E-state index in [0.29, 0.717) is 0 Å². The van der Waals surface area contributed by atoms with Crippen molar-refractivity contribution in [2.24, 2.45) is 5.92 Å². The molecule has 0 saturated heterocycles. The highest BCUT2D eigenvalue weighted by molar-refractivity contribution is 7.99. The summed E-state index contributed by atoms with van der Waals surface area (Å²) in [6.07, 6.45) is 2.79. The molecule has 0 fully saturated rings. The van der Waals surface area contributed by atoms with E-state index in [1.165, 1.54) is 0 Å². The Kier molecular flexibility index (Phi) is 7.01. The number of thioether (sulfide) groups is 1. The van der Waals surface area contributed by atoms with E-state index in [1.54, 1.807) is 11.8 Å². The van der Waals surface area contributed by atoms with Crippen LogP contribution >= 0.6 is 11.8 Å². The summed E-state index contributed by atoms with van der Waals surface area (Å²) in [6, 6.07) is 0.0245. The Morgan fingerprint density at radius 1 is 1.50 bits per heavy atom. The lowest BCUT2D eigenvalue weighted by atomic mass is 10.1. The highest BCUT2D eigenvalue weighted by Gasteiger charge is 2.19. The minimum Gasteiger partial charge on any atom is -0.395 e. The van der Waals surface area contributed by atoms with E-state index in [2.05, 4.69) is 5.32 Å². The van der Waals surface area contributed by atoms with Gasteiger partial charge in [0.2, 0.25) is 5.91 Å². The van der Waals surface area contributed by atoms with Gasteiger partial charge in [-0.15, -0.1) is 0 Å². The molecule has 0 bridgehead atoms. The summed E-state index contributed by atoms with van der Waals surface area (Å²) in [4.78, 5) is 11.5. The fourth-order valence-corrected chi connectivity index (χ4v) is 1.71. The first-order valence-corrected chi connectivity index (χ1v) is 6.29. The van der Waals surface area contributed by atoms with Crippen LogP contribution in [0.5, 0.6) is 0 Å². The molecule has 2 N–H and O–H groups in total. The molecule has 3 unspecified atom stereocenters. The summed E-state index contributed by atoms with van der Waals surface area (Å²) in [7, 11) is 0. The van der Waals surface area contributed by atoms with Crippen molar-refractivity contribution < 1.29 is 9.90 Å². The van der Waals surface area contributed by atoms with Gasteiger partial charge in [-0.2, -0.15) is 11.8 Å². The van der Waals surface area contributed by atoms with E-state index in [-0.39, 0.29) is 29.7 Å². The van der Waals surface area contributed by atoms with Crippen molar-refractivity contribution in [3.63, 3.8) is 0 Å². The number of aliphatic hydroxyl groups is 1. The van der Waals surface area contributed by atoms with E-state index in [4.69, 9.17) is 5.11 Å². The third-order valence-corrected chi connectivity index (χ3v) is 3.63. The fraction of sp³-hybridized carbons (Fsp3) is 0.900. The van der Waals surface area contributed by atoms with E-state index in [1.807, 2.05) is 27.0 Å². The molecule has 0 aliphatic rings. The Bertz CT molecular complexity index is 172. The first kappa shape index (κ1) is 13.8. The van der Waals surface area contributed by atoms with Crippen LogP contribution in [0, 0.1) is 5.92 Å². The van der Waals surface area contributed by atoms with Crippen LogP contribution in [0.3, 0.4) is 0 Å². The summed E-state index contributed by atoms with van der Waals surface area (Å²) in [5, 5.41) is 12.0. The summed E-state index contributed by atoms with van der Waals surface area (Å²) in [6.45, 7) is 5.93. The lowest BCUT2D eigenvalue weighted by Gasteiger charge is -2.22. The van der Waals surface area contributed by atoms with Gasteiger partial charge in [0.15, 0.2) is 0 Å². The van der Waals surface area contributed by atoms with Gasteiger partial charge in [0, 0.05) is 17.2 Å². The molecule has 1 amide bonds. The van der Waals surface area contributed by atoms with Crippen molar-refractivity contribution in [3.05, 3.63) is 0 Å². The van der Waals surface area contributed by atoms with Gasteiger partial charge in [-0.25, -0.2) is 0 Å². The van der Waals surface area contributed by atoms with Gasteiger partial charge in [0.05, 0.1) is 6.61 Å². The molecule has 0 saturated carbocycles. The average Bonchev–Trinajstić information content (AvgIpc) is 2.18. The van der Waals surface area contributed by atoms with Gasteiger partial charge < -0.3 is 10.4 Å². The van der Waals surface area contributed by atoms with E-state index in [0.717, 1.165) is 6.42 Å². The minimum atomic E-state index is 0.0245. The third-order valence-electron chi connectivity index (χ3n) is 2.47. The van der Waals surface area contributed by atoms with Crippen molar-refractivity contribution >= 4 is 17.7 Å². The van der Waals surface area contributed by atoms with Crippen LogP contribution in [0.4, 0.5) is 0 Å². The van der Waals surface area contributed by atoms with Crippen molar-refractivity contribution in [2.75, 3.05) is 12.9 Å². The minimum absolute atomic E-state index is 0.0245. The van der Waals surface area contributed by atoms with Gasteiger partial charge in [-0.05, 0) is 19.6 Å². The Balaban J connectivity index is 4.03. The average molecular weight is 219 g/mol. The Morgan fingerprint density at radius 3 is 2.43 bits per heavy atom. The molecule has 0 spiro atoms. The molecule has 3 atom stereocenters. The lowest BCUT2D eigenvalue weighted by molar-refractivity contribution is -0.125. The quantitative estimate of drug-likeness (QED) is 0.707. The molecule has 0 heterocycles. The number of carbonyl (C=O) groups is 1. The summed E-state index contributed by atoms with van der Waals surface area (Å²) in [5.41, 5.74) is 0. The highest BCUT2D eigenvalue weighted by atomic mass is 32.2. The third kappa shape index (κ3) is 4.33. The van der Waals surface area contributed by atoms with Crippen molar-refractivity contribution in [2.45, 2.75) is 38.5 Å². The summed E-state index contributed by atoms with van der Waals surface area (Å²) >= 11 is 1.57. The number of rotatable bonds is 6. The molecular formula is C10H21NO2S. The second kappa shape index (κ2) is 7.12. The molecule has 3 nitrogen and oxygen atoms in total. The maximum atomic E-state index is 11.5. The van der Waals surface area contributed by atoms with Crippen molar-refractivity contribution in [1.29, 1.82) is 0 Å². The van der Waals surface area contributed by atoms with Crippen LogP contribution in [0.15, 0.2) is 0 Å². The van der Waals surface area contributed by atoms with Crippen molar-refractivity contribution in [3.8, 4) is 0 Å². The lowest BCUT2D eigenvalue weighted by Crippen LogP contribution is -2.43. The molecule has 0 rings (SSSR count). The maximum absolute atomic E-state index is 11.5. The van der Waals surface area contributed by atoms with Gasteiger partial charge in [0.1, 0.15) is 0 Å². The van der Waals surface area contributed by atoms with Crippen LogP contribution < -0.4 is 5.32 Å². The van der Waals surface area contributed by atoms with Crippen LogP contribution in [0.25, 0.3) is 0 Å². The first-order chi connectivity index (χ1) is 6.56. The monoisotopic (exact) mass is 219 g/mol. The highest BCUT2D eigenvalue weighted by Crippen LogP contribution is 2.11. The number of nitrogens with one attached hydrogen (secondary N) is 1. The number of amides is 1. The number of carbonyl (C=O) groups excluding carboxylic acids is 1. The molecule has 0 aromatic carbocycles. The smallest absolute Gasteiger partial charge is 0.223 e. The predicted molar refractivity (Wildman–Crippen MR) is 61.4 cm³/mol. The molecule has 0 aliphatic carbocycles. The van der Waals surface area contributed by atoms with E-state index >= 15 is 0 Å². The summed E-state index contributed by atoms with van der Waals surface area (Å²) < 4.78 is 0. The van der Waals surface area contributed by atoms with E-state index < -0.39 is 0 Å². The second-order valence-corrected chi connectivity index (χ2v) is 4.64. The molecule has 84 valence electrons. The molecule has 0 aliphatic heterocycles. The van der Waals surface area contributed by atoms with Crippen LogP contribution in [-0.4, -0.2) is 35.2 Å². The molecule has 0 aromatic rings. The first-order valence-electron chi connectivity index (χ1n) is 5.00. The topological polar surface area (TPSA) is 49.3 Å². The second-order valence-electron chi connectivity index (χ2n) is 3.56. The Hall–Kier alpha value is -0.220. The van der Waals surface area contributed by atoms with Gasteiger partial charge in [-0.1, -0.05) is 13.8 Å². The number of hydrogen-bond acceptors (Lipinski definition) is 3. The molecule has 4 heteroatoms. The molecule has 0 aromatic heterocycles. The molecule has 14 heavy (non-hydrogen) atoms. The van der Waals surface area contributed by atoms with Crippen LogP contribution in [-0.2, 0) is 4.79 Å². The SMILES string of the molecule is CCC(C)C(=O)NC(C)C(CO)SC. The zero-order chi connectivity index (χ0) is 11.1. The predicted octanol–water partition coefficient (Wildman–Crippen LogP) is 1.26. The molecular weight excluding hydrogens is 198 g/mol. The summed E-state index contributed by atoms with van der Waals surface area (Å²) in [5.74, 6) is 0.131. The van der Waals surface area contributed by atoms with Crippen molar-refractivity contribution in [1.82, 2.24) is 5.32 Å².